The van der Waals surface area contributed by atoms with Crippen LogP contribution in [0.15, 0.2) is 18.5 Å². The molecule has 7 nitrogen and oxygen atoms in total. The molecule has 1 aliphatic heterocycles. The molecule has 0 spiro atoms. The second-order valence-electron chi connectivity index (χ2n) is 6.25. The number of urea groups is 1. The van der Waals surface area contributed by atoms with Crippen LogP contribution in [0.5, 0.6) is 0 Å². The number of nitrogens with one attached hydrogen (secondary N) is 1. The predicted octanol–water partition coefficient (Wildman–Crippen LogP) is 0.957. The van der Waals surface area contributed by atoms with Crippen molar-refractivity contribution in [3.8, 4) is 0 Å². The highest BCUT2D eigenvalue weighted by Crippen LogP contribution is 2.21. The van der Waals surface area contributed by atoms with E-state index in [9.17, 15) is 9.59 Å². The Labute approximate surface area is 130 Å². The van der Waals surface area contributed by atoms with Crippen molar-refractivity contribution < 1.29 is 9.59 Å². The zero-order chi connectivity index (χ0) is 16.1. The van der Waals surface area contributed by atoms with Gasteiger partial charge in [-0.25, -0.2) is 4.79 Å². The first kappa shape index (κ1) is 16.3. The molecule has 0 aromatic carbocycles. The maximum atomic E-state index is 12.8. The van der Waals surface area contributed by atoms with Crippen LogP contribution in [-0.4, -0.2) is 45.2 Å². The molecule has 1 aromatic heterocycles. The monoisotopic (exact) mass is 307 g/mol. The summed E-state index contributed by atoms with van der Waals surface area (Å²) >= 11 is 0. The van der Waals surface area contributed by atoms with Gasteiger partial charge in [-0.3, -0.25) is 9.48 Å². The van der Waals surface area contributed by atoms with E-state index in [2.05, 4.69) is 10.4 Å². The Morgan fingerprint density at radius 2 is 2.23 bits per heavy atom. The summed E-state index contributed by atoms with van der Waals surface area (Å²) in [7, 11) is 0. The number of hydrogen-bond donors (Lipinski definition) is 2. The molecular weight excluding hydrogens is 282 g/mol. The van der Waals surface area contributed by atoms with Gasteiger partial charge >= 0.3 is 6.03 Å². The van der Waals surface area contributed by atoms with Crippen molar-refractivity contribution in [2.45, 2.75) is 51.7 Å². The van der Waals surface area contributed by atoms with Crippen LogP contribution in [0.2, 0.25) is 0 Å². The number of hydrogen-bond acceptors (Lipinski definition) is 3. The van der Waals surface area contributed by atoms with Crippen molar-refractivity contribution in [1.82, 2.24) is 20.0 Å². The van der Waals surface area contributed by atoms with Crippen molar-refractivity contribution in [2.24, 2.45) is 11.7 Å². The van der Waals surface area contributed by atoms with E-state index in [0.717, 1.165) is 19.4 Å². The van der Waals surface area contributed by atoms with Crippen molar-refractivity contribution >= 4 is 11.9 Å². The van der Waals surface area contributed by atoms with Crippen LogP contribution in [0.4, 0.5) is 4.79 Å². The van der Waals surface area contributed by atoms with Crippen molar-refractivity contribution in [3.63, 3.8) is 0 Å². The molecule has 0 aliphatic carbocycles. The molecule has 2 unspecified atom stereocenters. The molecule has 122 valence electrons. The molecule has 7 heteroatoms. The lowest BCUT2D eigenvalue weighted by molar-refractivity contribution is -0.134. The standard InChI is InChI=1S/C15H25N5O2/c1-11(2)9-13(18-15(16)22)14(21)20-8-3-5-12(20)10-19-7-4-6-17-19/h4,6-7,11-13H,3,5,8-10H2,1-2H3,(H3,16,18,22). The summed E-state index contributed by atoms with van der Waals surface area (Å²) in [5.74, 6) is 0.259. The zero-order valence-corrected chi connectivity index (χ0v) is 13.2. The predicted molar refractivity (Wildman–Crippen MR) is 82.9 cm³/mol. The van der Waals surface area contributed by atoms with Crippen LogP contribution in [-0.2, 0) is 11.3 Å². The third kappa shape index (κ3) is 4.22. The number of likely N-dealkylation sites (tertiary alicyclic amines) is 1. The average molecular weight is 307 g/mol. The Hall–Kier alpha value is -2.05. The Morgan fingerprint density at radius 1 is 1.45 bits per heavy atom. The van der Waals surface area contributed by atoms with E-state index in [4.69, 9.17) is 5.73 Å². The molecule has 2 heterocycles. The van der Waals surface area contributed by atoms with Gasteiger partial charge in [0.1, 0.15) is 6.04 Å². The minimum atomic E-state index is -0.651. The van der Waals surface area contributed by atoms with Gasteiger partial charge in [0.05, 0.1) is 12.6 Å². The summed E-state index contributed by atoms with van der Waals surface area (Å²) in [6.45, 7) is 5.45. The van der Waals surface area contributed by atoms with E-state index < -0.39 is 12.1 Å². The Bertz CT molecular complexity index is 500. The second kappa shape index (κ2) is 7.29. The van der Waals surface area contributed by atoms with E-state index in [1.165, 1.54) is 0 Å². The maximum Gasteiger partial charge on any atom is 0.312 e. The molecular formula is C15H25N5O2. The van der Waals surface area contributed by atoms with E-state index in [0.29, 0.717) is 18.9 Å². The summed E-state index contributed by atoms with van der Waals surface area (Å²) < 4.78 is 1.84. The molecule has 0 saturated carbocycles. The molecule has 22 heavy (non-hydrogen) atoms. The Kier molecular flexibility index (Phi) is 5.41. The molecule has 1 fully saturated rings. The van der Waals surface area contributed by atoms with Crippen LogP contribution in [0, 0.1) is 5.92 Å². The topological polar surface area (TPSA) is 93.2 Å². The lowest BCUT2D eigenvalue weighted by Gasteiger charge is -2.29. The van der Waals surface area contributed by atoms with Crippen LogP contribution in [0.3, 0.4) is 0 Å². The van der Waals surface area contributed by atoms with E-state index in [1.807, 2.05) is 35.7 Å². The third-order valence-corrected chi connectivity index (χ3v) is 3.94. The minimum Gasteiger partial charge on any atom is -0.352 e. The summed E-state index contributed by atoms with van der Waals surface area (Å²) in [5.41, 5.74) is 5.21. The highest BCUT2D eigenvalue weighted by atomic mass is 16.2. The Morgan fingerprint density at radius 3 is 2.82 bits per heavy atom. The molecule has 3 N–H and O–H groups in total. The van der Waals surface area contributed by atoms with Crippen LogP contribution >= 0.6 is 0 Å². The van der Waals surface area contributed by atoms with E-state index in [-0.39, 0.29) is 11.9 Å². The lowest BCUT2D eigenvalue weighted by Crippen LogP contribution is -2.52. The molecule has 1 aliphatic rings. The summed E-state index contributed by atoms with van der Waals surface area (Å²) in [6, 6.07) is 0.798. The SMILES string of the molecule is CC(C)CC(NC(N)=O)C(=O)N1CCCC1Cn1cccn1. The number of amides is 3. The van der Waals surface area contributed by atoms with Gasteiger partial charge in [-0.1, -0.05) is 13.8 Å². The number of nitrogens with two attached hydrogens (primary N) is 1. The maximum absolute atomic E-state index is 12.8. The zero-order valence-electron chi connectivity index (χ0n) is 13.2. The fourth-order valence-corrected chi connectivity index (χ4v) is 3.00. The summed E-state index contributed by atoms with van der Waals surface area (Å²) in [4.78, 5) is 25.8. The molecule has 1 aromatic rings. The Balaban J connectivity index is 2.05. The number of rotatable bonds is 6. The van der Waals surface area contributed by atoms with Gasteiger partial charge in [-0.2, -0.15) is 5.10 Å². The van der Waals surface area contributed by atoms with Crippen molar-refractivity contribution in [1.29, 1.82) is 0 Å². The van der Waals surface area contributed by atoms with Gasteiger partial charge < -0.3 is 16.0 Å². The normalized spacial score (nSPS) is 19.4. The lowest BCUT2D eigenvalue weighted by atomic mass is 10.0. The average Bonchev–Trinajstić information content (AvgIpc) is 3.08. The highest BCUT2D eigenvalue weighted by molar-refractivity contribution is 5.87. The number of nitrogens with zero attached hydrogens (tertiary/aromatic N) is 3. The second-order valence-corrected chi connectivity index (χ2v) is 6.25. The highest BCUT2D eigenvalue weighted by Gasteiger charge is 2.34. The molecule has 1 saturated heterocycles. The van der Waals surface area contributed by atoms with E-state index in [1.54, 1.807) is 6.20 Å². The van der Waals surface area contributed by atoms with Crippen molar-refractivity contribution in [2.75, 3.05) is 6.54 Å². The first-order valence-corrected chi connectivity index (χ1v) is 7.81. The molecule has 0 bridgehead atoms. The van der Waals surface area contributed by atoms with Gasteiger partial charge in [0.2, 0.25) is 5.91 Å². The quantitative estimate of drug-likeness (QED) is 0.819. The van der Waals surface area contributed by atoms with Gasteiger partial charge in [0.25, 0.3) is 0 Å². The first-order valence-electron chi connectivity index (χ1n) is 7.81. The largest absolute Gasteiger partial charge is 0.352 e. The van der Waals surface area contributed by atoms with Gasteiger partial charge in [0.15, 0.2) is 0 Å². The van der Waals surface area contributed by atoms with Gasteiger partial charge in [-0.15, -0.1) is 0 Å². The van der Waals surface area contributed by atoms with Crippen LogP contribution in [0.1, 0.15) is 33.1 Å². The third-order valence-electron chi connectivity index (χ3n) is 3.94. The van der Waals surface area contributed by atoms with Crippen LogP contribution in [0.25, 0.3) is 0 Å². The fraction of sp³-hybridized carbons (Fsp3) is 0.667. The number of carbonyl (C=O) groups is 2. The molecule has 2 rings (SSSR count). The van der Waals surface area contributed by atoms with Crippen LogP contribution < -0.4 is 11.1 Å². The smallest absolute Gasteiger partial charge is 0.312 e. The van der Waals surface area contributed by atoms with Gasteiger partial charge in [-0.05, 0) is 31.2 Å². The fourth-order valence-electron chi connectivity index (χ4n) is 3.00. The number of primary amides is 1. The van der Waals surface area contributed by atoms with E-state index >= 15 is 0 Å². The number of carbonyl (C=O) groups excluding carboxylic acids is 2. The van der Waals surface area contributed by atoms with Crippen molar-refractivity contribution in [3.05, 3.63) is 18.5 Å². The van der Waals surface area contributed by atoms with Gasteiger partial charge in [0, 0.05) is 18.9 Å². The minimum absolute atomic E-state index is 0.0397. The molecule has 0 radical (unpaired) electrons. The molecule has 3 amide bonds. The first-order chi connectivity index (χ1) is 10.5. The summed E-state index contributed by atoms with van der Waals surface area (Å²) in [5, 5.41) is 6.80. The summed E-state index contributed by atoms with van der Waals surface area (Å²) in [6.07, 6.45) is 6.15. The molecule has 2 atom stereocenters. The number of aromatic nitrogens is 2.